The Kier molecular flexibility index (Phi) is 4.88. The minimum absolute atomic E-state index is 0.0256. The summed E-state index contributed by atoms with van der Waals surface area (Å²) in [6.07, 6.45) is 3.00. The molecular weight excluding hydrogens is 371 g/mol. The maximum atomic E-state index is 14.1. The van der Waals surface area contributed by atoms with Crippen molar-refractivity contribution < 1.29 is 14.0 Å². The van der Waals surface area contributed by atoms with Crippen LogP contribution in [0.5, 0.6) is 0 Å². The normalized spacial score (nSPS) is 15.6. The zero-order valence-electron chi connectivity index (χ0n) is 16.0. The highest BCUT2D eigenvalue weighted by atomic mass is 19.1. The van der Waals surface area contributed by atoms with Gasteiger partial charge < -0.3 is 15.6 Å². The summed E-state index contributed by atoms with van der Waals surface area (Å²) in [5.74, 6) is -0.892. The first-order valence-corrected chi connectivity index (χ1v) is 9.44. The summed E-state index contributed by atoms with van der Waals surface area (Å²) in [7, 11) is 0. The standard InChI is InChI=1S/C22H21FN4O2/c1-13-18(23)10-16(20(24)28)11-19(13)26-22(29)15-7-8-27-17(9-15)12-25-21(27)14-5-3-2-4-6-14/h2-6,10-12,15H,7-9H2,1H3,(H2,24,28)(H,26,29). The van der Waals surface area contributed by atoms with Crippen LogP contribution >= 0.6 is 0 Å². The van der Waals surface area contributed by atoms with Crippen molar-refractivity contribution in [2.45, 2.75) is 26.3 Å². The lowest BCUT2D eigenvalue weighted by Gasteiger charge is -2.24. The summed E-state index contributed by atoms with van der Waals surface area (Å²) in [6.45, 7) is 2.23. The summed E-state index contributed by atoms with van der Waals surface area (Å²) >= 11 is 0. The molecule has 148 valence electrons. The zero-order valence-corrected chi connectivity index (χ0v) is 16.0. The molecule has 6 nitrogen and oxygen atoms in total. The van der Waals surface area contributed by atoms with Gasteiger partial charge in [0.1, 0.15) is 11.6 Å². The number of nitrogens with zero attached hydrogens (tertiary/aromatic N) is 2. The number of primary amides is 1. The van der Waals surface area contributed by atoms with E-state index in [0.717, 1.165) is 23.1 Å². The Bertz CT molecular complexity index is 1090. The Balaban J connectivity index is 1.53. The number of carbonyl (C=O) groups excluding carboxylic acids is 2. The number of nitrogens with one attached hydrogen (secondary N) is 1. The van der Waals surface area contributed by atoms with E-state index in [1.54, 1.807) is 13.1 Å². The van der Waals surface area contributed by atoms with Crippen molar-refractivity contribution in [3.8, 4) is 11.4 Å². The number of benzene rings is 2. The van der Waals surface area contributed by atoms with E-state index >= 15 is 0 Å². The second kappa shape index (κ2) is 7.50. The molecule has 1 aliphatic rings. The Labute approximate surface area is 167 Å². The number of amides is 2. The maximum Gasteiger partial charge on any atom is 0.248 e. The number of aromatic nitrogens is 2. The lowest BCUT2D eigenvalue weighted by atomic mass is 9.94. The van der Waals surface area contributed by atoms with Gasteiger partial charge in [-0.05, 0) is 25.5 Å². The SMILES string of the molecule is Cc1c(F)cc(C(N)=O)cc1NC(=O)C1CCn2c(cnc2-c2ccccc2)C1. The third kappa shape index (κ3) is 3.63. The molecule has 2 aromatic carbocycles. The van der Waals surface area contributed by atoms with E-state index in [1.807, 2.05) is 30.3 Å². The predicted octanol–water partition coefficient (Wildman–Crippen LogP) is 3.30. The van der Waals surface area contributed by atoms with Crippen LogP contribution in [0.25, 0.3) is 11.4 Å². The van der Waals surface area contributed by atoms with Crippen LogP contribution in [0.2, 0.25) is 0 Å². The van der Waals surface area contributed by atoms with Crippen LogP contribution in [0.4, 0.5) is 10.1 Å². The summed E-state index contributed by atoms with van der Waals surface area (Å²) in [5.41, 5.74) is 7.85. The van der Waals surface area contributed by atoms with Gasteiger partial charge in [0, 0.05) is 53.2 Å². The molecule has 1 atom stereocenters. The van der Waals surface area contributed by atoms with Gasteiger partial charge in [0.2, 0.25) is 11.8 Å². The molecular formula is C22H21FN4O2. The maximum absolute atomic E-state index is 14.1. The average Bonchev–Trinajstić information content (AvgIpc) is 3.15. The van der Waals surface area contributed by atoms with E-state index < -0.39 is 11.7 Å². The number of anilines is 1. The number of hydrogen-bond acceptors (Lipinski definition) is 3. The second-order valence-corrected chi connectivity index (χ2v) is 7.26. The molecule has 2 heterocycles. The monoisotopic (exact) mass is 392 g/mol. The van der Waals surface area contributed by atoms with Crippen molar-refractivity contribution in [1.82, 2.24) is 9.55 Å². The molecule has 29 heavy (non-hydrogen) atoms. The van der Waals surface area contributed by atoms with Crippen LogP contribution in [0.1, 0.15) is 28.0 Å². The lowest BCUT2D eigenvalue weighted by molar-refractivity contribution is -0.120. The highest BCUT2D eigenvalue weighted by Gasteiger charge is 2.27. The molecule has 3 aromatic rings. The van der Waals surface area contributed by atoms with Gasteiger partial charge in [0.05, 0.1) is 0 Å². The van der Waals surface area contributed by atoms with Gasteiger partial charge in [-0.1, -0.05) is 30.3 Å². The molecule has 7 heteroatoms. The topological polar surface area (TPSA) is 90.0 Å². The third-order valence-electron chi connectivity index (χ3n) is 5.38. The largest absolute Gasteiger partial charge is 0.366 e. The molecule has 0 saturated carbocycles. The van der Waals surface area contributed by atoms with E-state index in [2.05, 4.69) is 14.9 Å². The molecule has 1 aromatic heterocycles. The quantitative estimate of drug-likeness (QED) is 0.714. The van der Waals surface area contributed by atoms with Crippen LogP contribution in [0, 0.1) is 18.7 Å². The second-order valence-electron chi connectivity index (χ2n) is 7.26. The first-order chi connectivity index (χ1) is 13.9. The fourth-order valence-electron chi connectivity index (χ4n) is 3.69. The minimum atomic E-state index is -0.741. The molecule has 0 bridgehead atoms. The van der Waals surface area contributed by atoms with Crippen LogP contribution < -0.4 is 11.1 Å². The van der Waals surface area contributed by atoms with Crippen molar-refractivity contribution in [1.29, 1.82) is 0 Å². The first-order valence-electron chi connectivity index (χ1n) is 9.44. The number of nitrogens with two attached hydrogens (primary N) is 1. The Morgan fingerprint density at radius 3 is 2.72 bits per heavy atom. The molecule has 0 aliphatic carbocycles. The molecule has 0 saturated heterocycles. The summed E-state index contributed by atoms with van der Waals surface area (Å²) < 4.78 is 16.2. The number of imidazole rings is 1. The minimum Gasteiger partial charge on any atom is -0.366 e. The predicted molar refractivity (Wildman–Crippen MR) is 108 cm³/mol. The van der Waals surface area contributed by atoms with Gasteiger partial charge in [-0.25, -0.2) is 9.37 Å². The van der Waals surface area contributed by atoms with Crippen LogP contribution in [0.3, 0.4) is 0 Å². The van der Waals surface area contributed by atoms with E-state index in [4.69, 9.17) is 5.73 Å². The molecule has 2 amide bonds. The fourth-order valence-corrected chi connectivity index (χ4v) is 3.69. The zero-order chi connectivity index (χ0) is 20.5. The van der Waals surface area contributed by atoms with Gasteiger partial charge in [0.25, 0.3) is 0 Å². The van der Waals surface area contributed by atoms with Crippen LogP contribution in [-0.4, -0.2) is 21.4 Å². The van der Waals surface area contributed by atoms with Crippen LogP contribution in [0.15, 0.2) is 48.7 Å². The average molecular weight is 392 g/mol. The van der Waals surface area contributed by atoms with Crippen molar-refractivity contribution >= 4 is 17.5 Å². The number of rotatable bonds is 4. The van der Waals surface area contributed by atoms with Crippen molar-refractivity contribution in [3.63, 3.8) is 0 Å². The van der Waals surface area contributed by atoms with E-state index in [-0.39, 0.29) is 28.6 Å². The Hall–Kier alpha value is -3.48. The van der Waals surface area contributed by atoms with Crippen molar-refractivity contribution in [3.05, 3.63) is 71.3 Å². The van der Waals surface area contributed by atoms with Crippen molar-refractivity contribution in [2.75, 3.05) is 5.32 Å². The summed E-state index contributed by atoms with van der Waals surface area (Å²) in [4.78, 5) is 28.7. The first kappa shape index (κ1) is 18.9. The summed E-state index contributed by atoms with van der Waals surface area (Å²) in [6, 6.07) is 12.4. The van der Waals surface area contributed by atoms with E-state index in [0.29, 0.717) is 19.4 Å². The molecule has 0 fully saturated rings. The summed E-state index contributed by atoms with van der Waals surface area (Å²) in [5, 5.41) is 2.77. The molecule has 3 N–H and O–H groups in total. The lowest BCUT2D eigenvalue weighted by Crippen LogP contribution is -2.30. The third-order valence-corrected chi connectivity index (χ3v) is 5.38. The number of fused-ring (bicyclic) bond motifs is 1. The molecule has 1 aliphatic heterocycles. The fraction of sp³-hybridized carbons (Fsp3) is 0.227. The smallest absolute Gasteiger partial charge is 0.248 e. The van der Waals surface area contributed by atoms with Gasteiger partial charge in [0.15, 0.2) is 0 Å². The van der Waals surface area contributed by atoms with E-state index in [9.17, 15) is 14.0 Å². The van der Waals surface area contributed by atoms with Crippen LogP contribution in [-0.2, 0) is 17.8 Å². The molecule has 4 rings (SSSR count). The van der Waals surface area contributed by atoms with Gasteiger partial charge >= 0.3 is 0 Å². The highest BCUT2D eigenvalue weighted by molar-refractivity contribution is 5.97. The van der Waals surface area contributed by atoms with Gasteiger partial charge in [-0.15, -0.1) is 0 Å². The molecule has 0 spiro atoms. The van der Waals surface area contributed by atoms with Crippen molar-refractivity contribution in [2.24, 2.45) is 11.7 Å². The van der Waals surface area contributed by atoms with E-state index in [1.165, 1.54) is 6.07 Å². The molecule has 1 unspecified atom stereocenters. The number of carbonyl (C=O) groups is 2. The number of hydrogen-bond donors (Lipinski definition) is 2. The highest BCUT2D eigenvalue weighted by Crippen LogP contribution is 2.29. The van der Waals surface area contributed by atoms with Gasteiger partial charge in [-0.2, -0.15) is 0 Å². The molecule has 0 radical (unpaired) electrons. The Morgan fingerprint density at radius 1 is 1.24 bits per heavy atom. The Morgan fingerprint density at radius 2 is 2.00 bits per heavy atom. The van der Waals surface area contributed by atoms with Gasteiger partial charge in [-0.3, -0.25) is 9.59 Å². The number of halogens is 1.